The van der Waals surface area contributed by atoms with Gasteiger partial charge in [0.2, 0.25) is 5.91 Å². The molecular formula is C15H14ClN5OS. The zero-order valence-corrected chi connectivity index (χ0v) is 13.6. The Morgan fingerprint density at radius 1 is 1.35 bits per heavy atom. The van der Waals surface area contributed by atoms with Crippen molar-refractivity contribution in [2.24, 2.45) is 28.3 Å². The third-order valence-electron chi connectivity index (χ3n) is 3.57. The van der Waals surface area contributed by atoms with Crippen LogP contribution in [0.25, 0.3) is 0 Å². The van der Waals surface area contributed by atoms with Crippen LogP contribution in [-0.4, -0.2) is 22.9 Å². The minimum Gasteiger partial charge on any atom is -0.369 e. The second-order valence-electron chi connectivity index (χ2n) is 5.02. The number of benzene rings is 1. The standard InChI is InChI=1S/C15H14ClN5OS/c16-11-4-2-1-3-8(11)13-9(5-17)14(20)21-15(10(13)6-18)23-7-12(19)22/h1-4,9-10,13-14H,7,20H2,(H2,19,22)/t9-,10?,13+,14+/m0/s1. The van der Waals surface area contributed by atoms with Gasteiger partial charge in [-0.2, -0.15) is 10.5 Å². The van der Waals surface area contributed by atoms with E-state index < -0.39 is 29.8 Å². The number of hydrogen-bond donors (Lipinski definition) is 2. The van der Waals surface area contributed by atoms with Gasteiger partial charge in [0.15, 0.2) is 0 Å². The third-order valence-corrected chi connectivity index (χ3v) is 5.00. The molecule has 0 saturated heterocycles. The average Bonchev–Trinajstić information content (AvgIpc) is 2.52. The third kappa shape index (κ3) is 3.65. The second kappa shape index (κ2) is 7.47. The van der Waals surface area contributed by atoms with Gasteiger partial charge in [0, 0.05) is 10.9 Å². The van der Waals surface area contributed by atoms with Crippen LogP contribution in [0.1, 0.15) is 11.5 Å². The number of nitriles is 2. The van der Waals surface area contributed by atoms with Crippen LogP contribution >= 0.6 is 23.4 Å². The fourth-order valence-electron chi connectivity index (χ4n) is 2.56. The summed E-state index contributed by atoms with van der Waals surface area (Å²) in [6, 6.07) is 11.3. The van der Waals surface area contributed by atoms with Crippen LogP contribution in [0.2, 0.25) is 5.02 Å². The molecule has 23 heavy (non-hydrogen) atoms. The molecule has 1 aliphatic rings. The van der Waals surface area contributed by atoms with Crippen LogP contribution in [-0.2, 0) is 4.79 Å². The number of halogens is 1. The van der Waals surface area contributed by atoms with E-state index in [4.69, 9.17) is 23.1 Å². The summed E-state index contributed by atoms with van der Waals surface area (Å²) in [6.07, 6.45) is -0.791. The Kier molecular flexibility index (Phi) is 5.62. The molecule has 0 aliphatic carbocycles. The Hall–Kier alpha value is -2.06. The van der Waals surface area contributed by atoms with Crippen molar-refractivity contribution in [2.45, 2.75) is 12.1 Å². The van der Waals surface area contributed by atoms with Gasteiger partial charge >= 0.3 is 0 Å². The molecule has 1 unspecified atom stereocenters. The highest BCUT2D eigenvalue weighted by Gasteiger charge is 2.42. The highest BCUT2D eigenvalue weighted by Crippen LogP contribution is 2.42. The van der Waals surface area contributed by atoms with Crippen LogP contribution in [0.4, 0.5) is 0 Å². The number of nitrogens with two attached hydrogens (primary N) is 2. The van der Waals surface area contributed by atoms with E-state index in [1.807, 2.05) is 0 Å². The summed E-state index contributed by atoms with van der Waals surface area (Å²) in [6.45, 7) is 0. The first-order valence-corrected chi connectivity index (χ1v) is 8.14. The minimum absolute atomic E-state index is 0.00377. The van der Waals surface area contributed by atoms with Crippen molar-refractivity contribution in [3.8, 4) is 12.1 Å². The number of carbonyl (C=O) groups excluding carboxylic acids is 1. The Balaban J connectivity index is 2.48. The van der Waals surface area contributed by atoms with Crippen molar-refractivity contribution >= 4 is 34.3 Å². The quantitative estimate of drug-likeness (QED) is 0.858. The van der Waals surface area contributed by atoms with Gasteiger partial charge in [-0.05, 0) is 11.6 Å². The van der Waals surface area contributed by atoms with E-state index in [9.17, 15) is 15.3 Å². The number of amides is 1. The number of carbonyl (C=O) groups is 1. The number of hydrogen-bond acceptors (Lipinski definition) is 6. The maximum atomic E-state index is 11.0. The summed E-state index contributed by atoms with van der Waals surface area (Å²) in [5, 5.41) is 19.9. The molecule has 0 radical (unpaired) electrons. The maximum Gasteiger partial charge on any atom is 0.227 e. The first-order valence-electron chi connectivity index (χ1n) is 6.77. The molecule has 4 atom stereocenters. The van der Waals surface area contributed by atoms with Crippen LogP contribution in [0, 0.1) is 34.5 Å². The highest BCUT2D eigenvalue weighted by atomic mass is 35.5. The van der Waals surface area contributed by atoms with Gasteiger partial charge in [-0.3, -0.25) is 9.79 Å². The number of nitrogens with zero attached hydrogens (tertiary/aromatic N) is 3. The molecule has 1 aromatic rings. The number of thioether (sulfide) groups is 1. The van der Waals surface area contributed by atoms with Crippen molar-refractivity contribution < 1.29 is 4.79 Å². The molecule has 8 heteroatoms. The number of primary amides is 1. The zero-order valence-electron chi connectivity index (χ0n) is 12.0. The molecule has 1 aliphatic heterocycles. The van der Waals surface area contributed by atoms with Crippen LogP contribution < -0.4 is 11.5 Å². The largest absolute Gasteiger partial charge is 0.369 e. The van der Waals surface area contributed by atoms with Crippen LogP contribution in [0.15, 0.2) is 29.3 Å². The molecule has 0 bridgehead atoms. The molecule has 1 amide bonds. The Morgan fingerprint density at radius 3 is 2.61 bits per heavy atom. The second-order valence-corrected chi connectivity index (χ2v) is 6.42. The molecular weight excluding hydrogens is 334 g/mol. The summed E-state index contributed by atoms with van der Waals surface area (Å²) in [5.41, 5.74) is 11.8. The summed E-state index contributed by atoms with van der Waals surface area (Å²) in [5.74, 6) is -2.42. The summed E-state index contributed by atoms with van der Waals surface area (Å²) in [4.78, 5) is 15.2. The summed E-state index contributed by atoms with van der Waals surface area (Å²) >= 11 is 7.32. The fraction of sp³-hybridized carbons (Fsp3) is 0.333. The minimum atomic E-state index is -0.791. The SMILES string of the molecule is N#CC1C(SCC(N)=O)=N[C@@H](N)[C@@H](C#N)[C@H]1c1ccccc1Cl. The van der Waals surface area contributed by atoms with E-state index in [0.29, 0.717) is 15.6 Å². The maximum absolute atomic E-state index is 11.0. The van der Waals surface area contributed by atoms with Gasteiger partial charge in [-0.15, -0.1) is 0 Å². The first kappa shape index (κ1) is 17.3. The van der Waals surface area contributed by atoms with E-state index in [2.05, 4.69) is 17.1 Å². The van der Waals surface area contributed by atoms with Crippen molar-refractivity contribution in [1.29, 1.82) is 10.5 Å². The molecule has 4 N–H and O–H groups in total. The molecule has 118 valence electrons. The van der Waals surface area contributed by atoms with Crippen molar-refractivity contribution in [1.82, 2.24) is 0 Å². The average molecular weight is 348 g/mol. The lowest BCUT2D eigenvalue weighted by Crippen LogP contribution is -2.42. The van der Waals surface area contributed by atoms with E-state index in [0.717, 1.165) is 11.8 Å². The van der Waals surface area contributed by atoms with E-state index in [1.165, 1.54) is 0 Å². The van der Waals surface area contributed by atoms with Crippen molar-refractivity contribution in [3.05, 3.63) is 34.9 Å². The lowest BCUT2D eigenvalue weighted by Gasteiger charge is -2.34. The van der Waals surface area contributed by atoms with E-state index >= 15 is 0 Å². The summed E-state index contributed by atoms with van der Waals surface area (Å²) in [7, 11) is 0. The molecule has 0 saturated carbocycles. The fourth-order valence-corrected chi connectivity index (χ4v) is 3.69. The zero-order chi connectivity index (χ0) is 17.0. The predicted molar refractivity (Wildman–Crippen MR) is 89.5 cm³/mol. The molecule has 6 nitrogen and oxygen atoms in total. The van der Waals surface area contributed by atoms with Crippen LogP contribution in [0.3, 0.4) is 0 Å². The van der Waals surface area contributed by atoms with Gasteiger partial charge in [0.05, 0.1) is 28.9 Å². The first-order chi connectivity index (χ1) is 11.0. The lowest BCUT2D eigenvalue weighted by atomic mass is 9.75. The molecule has 0 aromatic heterocycles. The van der Waals surface area contributed by atoms with Crippen LogP contribution in [0.5, 0.6) is 0 Å². The van der Waals surface area contributed by atoms with E-state index in [1.54, 1.807) is 24.3 Å². The monoisotopic (exact) mass is 347 g/mol. The van der Waals surface area contributed by atoms with Crippen molar-refractivity contribution in [3.63, 3.8) is 0 Å². The highest BCUT2D eigenvalue weighted by molar-refractivity contribution is 8.14. The number of aliphatic imine (C=N–C) groups is 1. The summed E-state index contributed by atoms with van der Waals surface area (Å²) < 4.78 is 0. The van der Waals surface area contributed by atoms with Gasteiger partial charge < -0.3 is 11.5 Å². The Morgan fingerprint density at radius 2 is 2.04 bits per heavy atom. The Bertz CT molecular complexity index is 723. The lowest BCUT2D eigenvalue weighted by molar-refractivity contribution is -0.115. The van der Waals surface area contributed by atoms with Gasteiger partial charge in [0.1, 0.15) is 12.1 Å². The topological polar surface area (TPSA) is 129 Å². The molecule has 0 spiro atoms. The molecule has 0 fully saturated rings. The molecule has 2 rings (SSSR count). The van der Waals surface area contributed by atoms with E-state index in [-0.39, 0.29) is 5.75 Å². The van der Waals surface area contributed by atoms with Gasteiger partial charge in [-0.1, -0.05) is 41.6 Å². The molecule has 1 aromatic carbocycles. The predicted octanol–water partition coefficient (Wildman–Crippen LogP) is 1.62. The Labute approximate surface area is 143 Å². The van der Waals surface area contributed by atoms with Crippen molar-refractivity contribution in [2.75, 3.05) is 5.75 Å². The molecule has 1 heterocycles. The van der Waals surface area contributed by atoms with Gasteiger partial charge in [-0.25, -0.2) is 0 Å². The number of rotatable bonds is 3. The smallest absolute Gasteiger partial charge is 0.227 e. The normalized spacial score (nSPS) is 26.7. The van der Waals surface area contributed by atoms with Gasteiger partial charge in [0.25, 0.3) is 0 Å².